The highest BCUT2D eigenvalue weighted by molar-refractivity contribution is 5.82. The molecular formula is C26H32N6O5. The van der Waals surface area contributed by atoms with Crippen molar-refractivity contribution in [2.24, 2.45) is 0 Å². The van der Waals surface area contributed by atoms with Crippen molar-refractivity contribution in [1.82, 2.24) is 14.9 Å². The van der Waals surface area contributed by atoms with E-state index in [-0.39, 0.29) is 12.0 Å². The molecule has 37 heavy (non-hydrogen) atoms. The number of nitrogens with zero attached hydrogens (tertiary/aromatic N) is 5. The van der Waals surface area contributed by atoms with E-state index in [2.05, 4.69) is 15.3 Å². The van der Waals surface area contributed by atoms with Crippen LogP contribution in [-0.2, 0) is 27.3 Å². The lowest BCUT2D eigenvalue weighted by Gasteiger charge is -2.26. The van der Waals surface area contributed by atoms with E-state index in [0.29, 0.717) is 61.0 Å². The number of aromatic nitrogens is 2. The summed E-state index contributed by atoms with van der Waals surface area (Å²) in [5.74, 6) is 1.89. The lowest BCUT2D eigenvalue weighted by molar-refractivity contribution is -0.128. The van der Waals surface area contributed by atoms with Crippen molar-refractivity contribution in [3.05, 3.63) is 40.7 Å². The lowest BCUT2D eigenvalue weighted by atomic mass is 10.0. The number of rotatable bonds is 9. The van der Waals surface area contributed by atoms with E-state index in [1.54, 1.807) is 25.1 Å². The average Bonchev–Trinajstić information content (AvgIpc) is 3.32. The summed E-state index contributed by atoms with van der Waals surface area (Å²) in [5.41, 5.74) is 2.48. The van der Waals surface area contributed by atoms with Crippen molar-refractivity contribution in [1.29, 1.82) is 5.26 Å². The van der Waals surface area contributed by atoms with E-state index in [4.69, 9.17) is 14.7 Å². The van der Waals surface area contributed by atoms with Crippen LogP contribution in [0, 0.1) is 11.3 Å². The number of amides is 2. The van der Waals surface area contributed by atoms with Crippen LogP contribution in [0.15, 0.2) is 18.3 Å². The van der Waals surface area contributed by atoms with Gasteiger partial charge in [0.25, 0.3) is 0 Å². The SMILES string of the molecule is CNc1cc(OC(C)COC)c(C#N)cn1.O=Cc1nc2c(cc1CN1CCCC1=O)CCCN2C=O. The second-order valence-electron chi connectivity index (χ2n) is 8.77. The minimum atomic E-state index is -0.107. The number of methoxy groups -OCH3 is 1. The van der Waals surface area contributed by atoms with E-state index >= 15 is 0 Å². The maximum Gasteiger partial charge on any atom is 0.222 e. The Morgan fingerprint density at radius 2 is 2.03 bits per heavy atom. The van der Waals surface area contributed by atoms with E-state index < -0.39 is 0 Å². The Morgan fingerprint density at radius 1 is 1.24 bits per heavy atom. The summed E-state index contributed by atoms with van der Waals surface area (Å²) in [7, 11) is 3.37. The van der Waals surface area contributed by atoms with Crippen molar-refractivity contribution in [3.63, 3.8) is 0 Å². The Morgan fingerprint density at radius 3 is 2.65 bits per heavy atom. The number of carbonyl (C=O) groups excluding carboxylic acids is 3. The predicted molar refractivity (Wildman–Crippen MR) is 136 cm³/mol. The minimum absolute atomic E-state index is 0.107. The molecule has 4 rings (SSSR count). The third-order valence-corrected chi connectivity index (χ3v) is 6.05. The maximum absolute atomic E-state index is 11.7. The van der Waals surface area contributed by atoms with Gasteiger partial charge in [0, 0.05) is 51.8 Å². The van der Waals surface area contributed by atoms with Crippen LogP contribution >= 0.6 is 0 Å². The number of nitriles is 1. The van der Waals surface area contributed by atoms with Gasteiger partial charge in [0.05, 0.1) is 12.8 Å². The molecule has 2 aliphatic rings. The zero-order valence-corrected chi connectivity index (χ0v) is 21.4. The number of hydrogen-bond acceptors (Lipinski definition) is 9. The monoisotopic (exact) mass is 508 g/mol. The van der Waals surface area contributed by atoms with Gasteiger partial charge in [-0.2, -0.15) is 5.26 Å². The normalized spacial score (nSPS) is 15.1. The Kier molecular flexibility index (Phi) is 9.92. The van der Waals surface area contributed by atoms with Crippen LogP contribution in [0.5, 0.6) is 5.75 Å². The molecule has 0 bridgehead atoms. The smallest absolute Gasteiger partial charge is 0.222 e. The van der Waals surface area contributed by atoms with Gasteiger partial charge in [0.2, 0.25) is 12.3 Å². The molecule has 2 aromatic heterocycles. The molecule has 4 heterocycles. The molecule has 2 amide bonds. The van der Waals surface area contributed by atoms with E-state index in [1.807, 2.05) is 19.1 Å². The first kappa shape index (κ1) is 27.5. The Labute approximate surface area is 216 Å². The molecule has 0 aliphatic carbocycles. The van der Waals surface area contributed by atoms with Gasteiger partial charge in [-0.3, -0.25) is 19.3 Å². The number of likely N-dealkylation sites (tertiary alicyclic amines) is 1. The summed E-state index contributed by atoms with van der Waals surface area (Å²) in [6.07, 6.45) is 6.00. The van der Waals surface area contributed by atoms with Crippen LogP contribution in [-0.4, -0.2) is 73.4 Å². The average molecular weight is 509 g/mol. The molecule has 11 nitrogen and oxygen atoms in total. The lowest BCUT2D eigenvalue weighted by Crippen LogP contribution is -2.30. The van der Waals surface area contributed by atoms with Crippen molar-refractivity contribution < 1.29 is 23.9 Å². The maximum atomic E-state index is 11.7. The molecule has 2 aromatic rings. The molecule has 0 radical (unpaired) electrons. The van der Waals surface area contributed by atoms with Crippen LogP contribution in [0.2, 0.25) is 0 Å². The molecule has 0 saturated carbocycles. The Bertz CT molecular complexity index is 1160. The van der Waals surface area contributed by atoms with Gasteiger partial charge in [-0.05, 0) is 37.8 Å². The summed E-state index contributed by atoms with van der Waals surface area (Å²) in [6, 6.07) is 5.66. The molecule has 196 valence electrons. The fourth-order valence-electron chi connectivity index (χ4n) is 4.23. The molecule has 2 aliphatic heterocycles. The zero-order chi connectivity index (χ0) is 26.8. The molecule has 0 spiro atoms. The minimum Gasteiger partial charge on any atom is -0.487 e. The van der Waals surface area contributed by atoms with Crippen LogP contribution in [0.1, 0.15) is 53.4 Å². The molecule has 0 aromatic carbocycles. The Balaban J connectivity index is 0.000000214. The van der Waals surface area contributed by atoms with E-state index in [0.717, 1.165) is 43.3 Å². The number of anilines is 2. The predicted octanol–water partition coefficient (Wildman–Crippen LogP) is 2.33. The number of pyridine rings is 2. The van der Waals surface area contributed by atoms with Gasteiger partial charge < -0.3 is 19.7 Å². The number of hydrogen-bond donors (Lipinski definition) is 1. The molecule has 1 N–H and O–H groups in total. The second-order valence-corrected chi connectivity index (χ2v) is 8.77. The highest BCUT2D eigenvalue weighted by Gasteiger charge is 2.24. The number of aryl methyl sites for hydroxylation is 1. The van der Waals surface area contributed by atoms with E-state index in [1.165, 1.54) is 11.1 Å². The standard InChI is InChI=1S/C15H17N3O3.C11H15N3O2/c19-9-13-12(8-17-5-2-4-14(17)21)7-11-3-1-6-18(10-20)15(11)16-13;1-8(7-15-3)16-10-4-11(13-2)14-6-9(10)5-12/h7,9-10H,1-6,8H2;4,6,8H,7H2,1-3H3,(H,13,14). The first-order valence-corrected chi connectivity index (χ1v) is 12.1. The molecule has 1 atom stereocenters. The first-order valence-electron chi connectivity index (χ1n) is 12.1. The van der Waals surface area contributed by atoms with Gasteiger partial charge in [0.15, 0.2) is 6.29 Å². The summed E-state index contributed by atoms with van der Waals surface area (Å²) in [4.78, 5) is 45.8. The van der Waals surface area contributed by atoms with Crippen molar-refractivity contribution >= 4 is 30.2 Å². The van der Waals surface area contributed by atoms with Gasteiger partial charge in [-0.15, -0.1) is 0 Å². The molecule has 1 saturated heterocycles. The fourth-order valence-corrected chi connectivity index (χ4v) is 4.23. The second kappa shape index (κ2) is 13.3. The van der Waals surface area contributed by atoms with Crippen LogP contribution < -0.4 is 15.0 Å². The number of ether oxygens (including phenoxy) is 2. The summed E-state index contributed by atoms with van der Waals surface area (Å²) in [5, 5.41) is 11.8. The van der Waals surface area contributed by atoms with Gasteiger partial charge in [-0.1, -0.05) is 0 Å². The molecule has 1 unspecified atom stereocenters. The van der Waals surface area contributed by atoms with Crippen molar-refractivity contribution in [2.45, 2.75) is 45.3 Å². The van der Waals surface area contributed by atoms with Crippen molar-refractivity contribution in [3.8, 4) is 11.8 Å². The summed E-state index contributed by atoms with van der Waals surface area (Å²) >= 11 is 0. The third-order valence-electron chi connectivity index (χ3n) is 6.05. The van der Waals surface area contributed by atoms with Gasteiger partial charge in [0.1, 0.15) is 40.8 Å². The van der Waals surface area contributed by atoms with Gasteiger partial charge >= 0.3 is 0 Å². The van der Waals surface area contributed by atoms with Crippen LogP contribution in [0.4, 0.5) is 11.6 Å². The number of fused-ring (bicyclic) bond motifs is 1. The van der Waals surface area contributed by atoms with E-state index in [9.17, 15) is 14.4 Å². The molecule has 1 fully saturated rings. The van der Waals surface area contributed by atoms with Crippen molar-refractivity contribution in [2.75, 3.05) is 44.1 Å². The largest absolute Gasteiger partial charge is 0.487 e. The van der Waals surface area contributed by atoms with Gasteiger partial charge in [-0.25, -0.2) is 9.97 Å². The first-order chi connectivity index (χ1) is 17.9. The fraction of sp³-hybridized carbons (Fsp3) is 0.462. The highest BCUT2D eigenvalue weighted by atomic mass is 16.5. The topological polar surface area (TPSA) is 138 Å². The number of aldehydes is 1. The highest BCUT2D eigenvalue weighted by Crippen LogP contribution is 2.27. The van der Waals surface area contributed by atoms with Crippen LogP contribution in [0.3, 0.4) is 0 Å². The van der Waals surface area contributed by atoms with Crippen LogP contribution in [0.25, 0.3) is 0 Å². The summed E-state index contributed by atoms with van der Waals surface area (Å²) in [6.45, 7) is 4.14. The number of carbonyl (C=O) groups is 3. The summed E-state index contributed by atoms with van der Waals surface area (Å²) < 4.78 is 10.6. The molecule has 11 heteroatoms. The zero-order valence-electron chi connectivity index (χ0n) is 21.4. The number of nitrogens with one attached hydrogen (secondary N) is 1. The third kappa shape index (κ3) is 7.01. The Hall–Kier alpha value is -4.04. The quantitative estimate of drug-likeness (QED) is 0.506. The molecular weight excluding hydrogens is 476 g/mol.